The van der Waals surface area contributed by atoms with Crippen molar-refractivity contribution in [3.05, 3.63) is 45.1 Å². The minimum atomic E-state index is -4.62. The maximum absolute atomic E-state index is 12.4. The van der Waals surface area contributed by atoms with E-state index in [1.807, 2.05) is 0 Å². The van der Waals surface area contributed by atoms with Crippen molar-refractivity contribution in [1.82, 2.24) is 0 Å². The molecule has 0 bridgehead atoms. The van der Waals surface area contributed by atoms with Gasteiger partial charge in [-0.15, -0.1) is 11.3 Å². The van der Waals surface area contributed by atoms with E-state index in [0.717, 1.165) is 12.1 Å². The van der Waals surface area contributed by atoms with E-state index in [1.165, 1.54) is 23.5 Å². The number of alkyl halides is 2. The Balaban J connectivity index is 2.17. The second-order valence-corrected chi connectivity index (χ2v) is 7.57. The zero-order valence-electron chi connectivity index (χ0n) is 10.2. The number of sulfone groups is 1. The summed E-state index contributed by atoms with van der Waals surface area (Å²) in [7, 11) is -4.62. The summed E-state index contributed by atoms with van der Waals surface area (Å²) in [6.45, 7) is 0. The Bertz CT molecular complexity index is 757. The molecule has 1 aromatic carbocycles. The molecule has 1 N–H and O–H groups in total. The number of carbonyl (C=O) groups is 1. The van der Waals surface area contributed by atoms with Crippen LogP contribution in [0.5, 0.6) is 0 Å². The summed E-state index contributed by atoms with van der Waals surface area (Å²) in [5.74, 6) is -3.85. The molecule has 1 aromatic heterocycles. The fourth-order valence-electron chi connectivity index (χ4n) is 1.47. The van der Waals surface area contributed by atoms with Crippen LogP contribution < -0.4 is 5.32 Å². The summed E-state index contributed by atoms with van der Waals surface area (Å²) in [4.78, 5) is 11.9. The molecule has 1 heterocycles. The van der Waals surface area contributed by atoms with E-state index in [9.17, 15) is 22.0 Å². The van der Waals surface area contributed by atoms with Crippen LogP contribution in [0.4, 0.5) is 14.5 Å². The van der Waals surface area contributed by atoms with Crippen molar-refractivity contribution < 1.29 is 22.0 Å². The molecule has 1 amide bonds. The molecule has 0 aliphatic carbocycles. The summed E-state index contributed by atoms with van der Waals surface area (Å²) in [5.41, 5.74) is 0.313. The van der Waals surface area contributed by atoms with Gasteiger partial charge in [0.05, 0.1) is 4.90 Å². The van der Waals surface area contributed by atoms with Crippen LogP contribution in [0.2, 0.25) is 0 Å². The number of amides is 1. The van der Waals surface area contributed by atoms with Gasteiger partial charge < -0.3 is 5.32 Å². The fourth-order valence-corrected chi connectivity index (χ4v) is 3.64. The van der Waals surface area contributed by atoms with E-state index in [1.54, 1.807) is 11.4 Å². The topological polar surface area (TPSA) is 63.2 Å². The predicted octanol–water partition coefficient (Wildman–Crippen LogP) is 3.76. The van der Waals surface area contributed by atoms with Crippen molar-refractivity contribution in [2.75, 3.05) is 5.32 Å². The van der Waals surface area contributed by atoms with Gasteiger partial charge in [0, 0.05) is 10.2 Å². The number of hydrogen-bond acceptors (Lipinski definition) is 4. The smallest absolute Gasteiger partial charge is 0.321 e. The van der Waals surface area contributed by atoms with Gasteiger partial charge in [-0.05, 0) is 51.6 Å². The molecule has 2 rings (SSSR count). The van der Waals surface area contributed by atoms with Crippen LogP contribution in [0.25, 0.3) is 0 Å². The normalized spacial score (nSPS) is 11.6. The lowest BCUT2D eigenvalue weighted by molar-refractivity contribution is 0.103. The van der Waals surface area contributed by atoms with Gasteiger partial charge in [-0.1, -0.05) is 0 Å². The zero-order chi connectivity index (χ0) is 15.6. The summed E-state index contributed by atoms with van der Waals surface area (Å²) in [5, 5.41) is 4.29. The summed E-state index contributed by atoms with van der Waals surface area (Å²) >= 11 is 4.46. The Hall–Kier alpha value is -1.32. The molecule has 0 radical (unpaired) electrons. The standard InChI is InChI=1S/C12H8BrF2NO3S2/c13-9-5-6-20-10(9)11(17)16-7-1-3-8(4-2-7)21(18,19)12(14)15/h1-6,12H,(H,16,17). The lowest BCUT2D eigenvalue weighted by Gasteiger charge is -2.06. The number of nitrogens with one attached hydrogen (secondary N) is 1. The number of anilines is 1. The van der Waals surface area contributed by atoms with Gasteiger partial charge >= 0.3 is 5.76 Å². The van der Waals surface area contributed by atoms with Gasteiger partial charge in [-0.3, -0.25) is 4.79 Å². The van der Waals surface area contributed by atoms with Crippen LogP contribution in [-0.2, 0) is 9.84 Å². The number of hydrogen-bond donors (Lipinski definition) is 1. The fraction of sp³-hybridized carbons (Fsp3) is 0.0833. The summed E-state index contributed by atoms with van der Waals surface area (Å²) < 4.78 is 47.9. The first kappa shape index (κ1) is 16.1. The molecule has 21 heavy (non-hydrogen) atoms. The van der Waals surface area contributed by atoms with Crippen LogP contribution in [0.3, 0.4) is 0 Å². The van der Waals surface area contributed by atoms with Crippen LogP contribution in [-0.4, -0.2) is 20.1 Å². The molecular formula is C12H8BrF2NO3S2. The first-order valence-electron chi connectivity index (χ1n) is 5.49. The summed E-state index contributed by atoms with van der Waals surface area (Å²) in [6.07, 6.45) is 0. The van der Waals surface area contributed by atoms with E-state index in [0.29, 0.717) is 15.0 Å². The average Bonchev–Trinajstić information content (AvgIpc) is 2.85. The van der Waals surface area contributed by atoms with Crippen molar-refractivity contribution in [2.24, 2.45) is 0 Å². The summed E-state index contributed by atoms with van der Waals surface area (Å²) in [6, 6.07) is 6.29. The lowest BCUT2D eigenvalue weighted by atomic mass is 10.3. The minimum absolute atomic E-state index is 0.313. The molecule has 0 atom stereocenters. The highest BCUT2D eigenvalue weighted by Crippen LogP contribution is 2.24. The number of rotatable bonds is 4. The molecule has 0 saturated heterocycles. The Morgan fingerprint density at radius 2 is 1.81 bits per heavy atom. The largest absolute Gasteiger partial charge is 0.341 e. The molecule has 0 unspecified atom stereocenters. The third kappa shape index (κ3) is 3.47. The first-order chi connectivity index (χ1) is 9.82. The quantitative estimate of drug-likeness (QED) is 0.856. The highest BCUT2D eigenvalue weighted by molar-refractivity contribution is 9.10. The SMILES string of the molecule is O=C(Nc1ccc(S(=O)(=O)C(F)F)cc1)c1sccc1Br. The molecule has 0 fully saturated rings. The Morgan fingerprint density at radius 3 is 2.29 bits per heavy atom. The van der Waals surface area contributed by atoms with Crippen molar-refractivity contribution in [1.29, 1.82) is 0 Å². The van der Waals surface area contributed by atoms with Crippen LogP contribution in [0.1, 0.15) is 9.67 Å². The predicted molar refractivity (Wildman–Crippen MR) is 79.6 cm³/mol. The Morgan fingerprint density at radius 1 is 1.19 bits per heavy atom. The highest BCUT2D eigenvalue weighted by atomic mass is 79.9. The average molecular weight is 396 g/mol. The molecule has 112 valence electrons. The van der Waals surface area contributed by atoms with Crippen molar-refractivity contribution >= 4 is 48.7 Å². The van der Waals surface area contributed by atoms with Gasteiger partial charge in [-0.2, -0.15) is 8.78 Å². The minimum Gasteiger partial charge on any atom is -0.321 e. The van der Waals surface area contributed by atoms with E-state index in [2.05, 4.69) is 21.2 Å². The van der Waals surface area contributed by atoms with Crippen molar-refractivity contribution in [2.45, 2.75) is 10.7 Å². The van der Waals surface area contributed by atoms with Crippen LogP contribution in [0.15, 0.2) is 45.1 Å². The van der Waals surface area contributed by atoms with Gasteiger partial charge in [0.2, 0.25) is 9.84 Å². The number of halogens is 3. The maximum Gasteiger partial charge on any atom is 0.341 e. The highest BCUT2D eigenvalue weighted by Gasteiger charge is 2.26. The van der Waals surface area contributed by atoms with E-state index in [4.69, 9.17) is 0 Å². The lowest BCUT2D eigenvalue weighted by Crippen LogP contribution is -2.13. The van der Waals surface area contributed by atoms with Crippen LogP contribution >= 0.6 is 27.3 Å². The Kier molecular flexibility index (Phi) is 4.74. The van der Waals surface area contributed by atoms with Crippen LogP contribution in [0, 0.1) is 0 Å². The molecule has 0 aliphatic rings. The second-order valence-electron chi connectivity index (χ2n) is 3.88. The van der Waals surface area contributed by atoms with Gasteiger partial charge in [-0.25, -0.2) is 8.42 Å². The number of thiophene rings is 1. The third-order valence-electron chi connectivity index (χ3n) is 2.50. The molecule has 2 aromatic rings. The molecule has 0 spiro atoms. The maximum atomic E-state index is 12.4. The zero-order valence-corrected chi connectivity index (χ0v) is 13.4. The van der Waals surface area contributed by atoms with E-state index < -0.39 is 20.5 Å². The van der Waals surface area contributed by atoms with Gasteiger partial charge in [0.25, 0.3) is 5.91 Å². The number of carbonyl (C=O) groups excluding carboxylic acids is 1. The van der Waals surface area contributed by atoms with Crippen molar-refractivity contribution in [3.63, 3.8) is 0 Å². The van der Waals surface area contributed by atoms with Gasteiger partial charge in [0.15, 0.2) is 0 Å². The van der Waals surface area contributed by atoms with E-state index >= 15 is 0 Å². The molecular weight excluding hydrogens is 388 g/mol. The third-order valence-corrected chi connectivity index (χ3v) is 5.73. The molecule has 0 aliphatic heterocycles. The van der Waals surface area contributed by atoms with E-state index in [-0.39, 0.29) is 5.91 Å². The second kappa shape index (κ2) is 6.20. The Labute approximate surface area is 131 Å². The molecule has 9 heteroatoms. The number of benzene rings is 1. The monoisotopic (exact) mass is 395 g/mol. The molecule has 4 nitrogen and oxygen atoms in total. The molecule has 0 saturated carbocycles. The first-order valence-corrected chi connectivity index (χ1v) is 8.70. The van der Waals surface area contributed by atoms with Gasteiger partial charge in [0.1, 0.15) is 4.88 Å². The van der Waals surface area contributed by atoms with Crippen molar-refractivity contribution in [3.8, 4) is 0 Å².